The Bertz CT molecular complexity index is 596. The number of hydrogen-bond donors (Lipinski definition) is 3. The summed E-state index contributed by atoms with van der Waals surface area (Å²) < 4.78 is 40.0. The van der Waals surface area contributed by atoms with E-state index < -0.39 is 21.7 Å². The van der Waals surface area contributed by atoms with Crippen LogP contribution in [0.1, 0.15) is 20.3 Å². The second kappa shape index (κ2) is 9.73. The number of sulfonamides is 1. The third-order valence-electron chi connectivity index (χ3n) is 2.58. The van der Waals surface area contributed by atoms with Crippen molar-refractivity contribution in [3.8, 4) is 0 Å². The lowest BCUT2D eigenvalue weighted by molar-refractivity contribution is -0.114. The third-order valence-corrected chi connectivity index (χ3v) is 4.04. The van der Waals surface area contributed by atoms with Crippen LogP contribution >= 0.6 is 12.4 Å². The Labute approximate surface area is 136 Å². The highest BCUT2D eigenvalue weighted by atomic mass is 35.5. The van der Waals surface area contributed by atoms with Gasteiger partial charge in [-0.15, -0.1) is 12.4 Å². The normalized spacial score (nSPS) is 10.9. The summed E-state index contributed by atoms with van der Waals surface area (Å²) in [7, 11) is -3.73. The summed E-state index contributed by atoms with van der Waals surface area (Å²) in [5.41, 5.74) is -0.158. The summed E-state index contributed by atoms with van der Waals surface area (Å²) in [5, 5.41) is 5.31. The Morgan fingerprint density at radius 3 is 2.50 bits per heavy atom. The molecule has 0 saturated carbocycles. The minimum absolute atomic E-state index is 0. The number of carbonyl (C=O) groups excluding carboxylic acids is 1. The van der Waals surface area contributed by atoms with Crippen molar-refractivity contribution in [3.63, 3.8) is 0 Å². The third kappa shape index (κ3) is 6.69. The number of nitrogens with one attached hydrogen (secondary N) is 3. The molecule has 9 heteroatoms. The molecule has 1 rings (SSSR count). The molecule has 0 aliphatic heterocycles. The molecule has 0 fully saturated rings. The van der Waals surface area contributed by atoms with E-state index in [1.54, 1.807) is 0 Å². The van der Waals surface area contributed by atoms with Gasteiger partial charge in [0, 0.05) is 20.0 Å². The van der Waals surface area contributed by atoms with E-state index in [0.717, 1.165) is 31.2 Å². The Morgan fingerprint density at radius 1 is 1.23 bits per heavy atom. The lowest BCUT2D eigenvalue weighted by atomic mass is 10.3. The van der Waals surface area contributed by atoms with Gasteiger partial charge in [-0.3, -0.25) is 4.79 Å². The Morgan fingerprint density at radius 2 is 1.91 bits per heavy atom. The summed E-state index contributed by atoms with van der Waals surface area (Å²) in [6, 6.07) is 3.26. The molecular formula is C13H21ClFN3O3S. The maximum absolute atomic E-state index is 13.5. The van der Waals surface area contributed by atoms with Crippen LogP contribution in [0.3, 0.4) is 0 Å². The lowest BCUT2D eigenvalue weighted by Gasteiger charge is -2.10. The highest BCUT2D eigenvalue weighted by Crippen LogP contribution is 2.19. The maximum atomic E-state index is 13.5. The molecule has 0 aliphatic rings. The van der Waals surface area contributed by atoms with Crippen molar-refractivity contribution in [2.24, 2.45) is 0 Å². The molecule has 126 valence electrons. The summed E-state index contributed by atoms with van der Waals surface area (Å²) >= 11 is 0. The van der Waals surface area contributed by atoms with Crippen LogP contribution in [-0.2, 0) is 14.8 Å². The van der Waals surface area contributed by atoms with Crippen molar-refractivity contribution in [3.05, 3.63) is 24.0 Å². The Hall–Kier alpha value is -1.22. The topological polar surface area (TPSA) is 87.3 Å². The fraction of sp³-hybridized carbons (Fsp3) is 0.462. The lowest BCUT2D eigenvalue weighted by Crippen LogP contribution is -2.32. The second-order valence-electron chi connectivity index (χ2n) is 4.47. The summed E-state index contributed by atoms with van der Waals surface area (Å²) in [5.74, 6) is -1.16. The van der Waals surface area contributed by atoms with Crippen molar-refractivity contribution in [1.29, 1.82) is 0 Å². The van der Waals surface area contributed by atoms with Crippen LogP contribution in [0.15, 0.2) is 23.1 Å². The summed E-state index contributed by atoms with van der Waals surface area (Å²) in [4.78, 5) is 10.9. The maximum Gasteiger partial charge on any atom is 0.240 e. The van der Waals surface area contributed by atoms with Crippen LogP contribution in [0.2, 0.25) is 0 Å². The van der Waals surface area contributed by atoms with Gasteiger partial charge in [-0.2, -0.15) is 0 Å². The Balaban J connectivity index is 0.00000441. The SMILES string of the molecule is CCCNCCNS(=O)(=O)c1ccc(F)c(NC(C)=O)c1.Cl. The first kappa shape index (κ1) is 20.8. The fourth-order valence-corrected chi connectivity index (χ4v) is 2.67. The Kier molecular flexibility index (Phi) is 9.19. The van der Waals surface area contributed by atoms with Crippen LogP contribution in [0.4, 0.5) is 10.1 Å². The van der Waals surface area contributed by atoms with E-state index in [1.807, 2.05) is 6.92 Å². The second-order valence-corrected chi connectivity index (χ2v) is 6.24. The number of amides is 1. The molecule has 0 saturated heterocycles. The van der Waals surface area contributed by atoms with Crippen molar-refractivity contribution in [2.75, 3.05) is 25.0 Å². The van der Waals surface area contributed by atoms with Gasteiger partial charge in [0.05, 0.1) is 10.6 Å². The minimum atomic E-state index is -3.73. The van der Waals surface area contributed by atoms with Gasteiger partial charge in [0.2, 0.25) is 15.9 Å². The average Bonchev–Trinajstić information content (AvgIpc) is 2.40. The molecule has 0 bridgehead atoms. The zero-order valence-corrected chi connectivity index (χ0v) is 14.1. The highest BCUT2D eigenvalue weighted by molar-refractivity contribution is 7.89. The molecule has 1 aromatic carbocycles. The average molecular weight is 354 g/mol. The number of carbonyl (C=O) groups is 1. The largest absolute Gasteiger partial charge is 0.324 e. The van der Waals surface area contributed by atoms with E-state index in [2.05, 4.69) is 15.4 Å². The van der Waals surface area contributed by atoms with Gasteiger partial charge in [0.15, 0.2) is 0 Å². The first-order valence-electron chi connectivity index (χ1n) is 6.64. The van der Waals surface area contributed by atoms with E-state index in [-0.39, 0.29) is 29.5 Å². The highest BCUT2D eigenvalue weighted by Gasteiger charge is 2.16. The molecule has 0 atom stereocenters. The molecule has 22 heavy (non-hydrogen) atoms. The van der Waals surface area contributed by atoms with Gasteiger partial charge in [0.1, 0.15) is 5.82 Å². The van der Waals surface area contributed by atoms with E-state index in [4.69, 9.17) is 0 Å². The molecule has 0 aromatic heterocycles. The van der Waals surface area contributed by atoms with Crippen LogP contribution in [0.5, 0.6) is 0 Å². The van der Waals surface area contributed by atoms with E-state index >= 15 is 0 Å². The molecule has 6 nitrogen and oxygen atoms in total. The predicted octanol–water partition coefficient (Wildman–Crippen LogP) is 1.48. The zero-order chi connectivity index (χ0) is 15.9. The van der Waals surface area contributed by atoms with Crippen molar-refractivity contribution in [2.45, 2.75) is 25.2 Å². The first-order valence-corrected chi connectivity index (χ1v) is 8.12. The van der Waals surface area contributed by atoms with Gasteiger partial charge < -0.3 is 10.6 Å². The molecule has 0 spiro atoms. The van der Waals surface area contributed by atoms with Crippen molar-refractivity contribution >= 4 is 34.0 Å². The van der Waals surface area contributed by atoms with E-state index in [1.165, 1.54) is 6.92 Å². The molecule has 0 heterocycles. The zero-order valence-electron chi connectivity index (χ0n) is 12.5. The minimum Gasteiger partial charge on any atom is -0.324 e. The summed E-state index contributed by atoms with van der Waals surface area (Å²) in [6.45, 7) is 4.78. The number of halogens is 2. The molecule has 0 unspecified atom stereocenters. The number of anilines is 1. The quantitative estimate of drug-likeness (QED) is 0.618. The smallest absolute Gasteiger partial charge is 0.240 e. The van der Waals surface area contributed by atoms with Gasteiger partial charge in [-0.1, -0.05) is 6.92 Å². The van der Waals surface area contributed by atoms with Crippen LogP contribution in [0, 0.1) is 5.82 Å². The van der Waals surface area contributed by atoms with Crippen LogP contribution in [0.25, 0.3) is 0 Å². The number of benzene rings is 1. The molecule has 0 radical (unpaired) electrons. The van der Waals surface area contributed by atoms with Gasteiger partial charge in [-0.25, -0.2) is 17.5 Å². The molecule has 0 aliphatic carbocycles. The molecule has 1 aromatic rings. The van der Waals surface area contributed by atoms with E-state index in [9.17, 15) is 17.6 Å². The van der Waals surface area contributed by atoms with E-state index in [0.29, 0.717) is 6.54 Å². The number of hydrogen-bond acceptors (Lipinski definition) is 4. The monoisotopic (exact) mass is 353 g/mol. The van der Waals surface area contributed by atoms with Crippen molar-refractivity contribution < 1.29 is 17.6 Å². The molecule has 1 amide bonds. The van der Waals surface area contributed by atoms with Gasteiger partial charge in [-0.05, 0) is 31.2 Å². The van der Waals surface area contributed by atoms with Gasteiger partial charge in [0.25, 0.3) is 0 Å². The van der Waals surface area contributed by atoms with Gasteiger partial charge >= 0.3 is 0 Å². The standard InChI is InChI=1S/C13H20FN3O3S.ClH/c1-3-6-15-7-8-16-21(19,20)11-4-5-12(14)13(9-11)17-10(2)18;/h4-5,9,15-16H,3,6-8H2,1-2H3,(H,17,18);1H. The fourth-order valence-electron chi connectivity index (χ4n) is 1.62. The first-order chi connectivity index (χ1) is 9.86. The predicted molar refractivity (Wildman–Crippen MR) is 86.3 cm³/mol. The summed E-state index contributed by atoms with van der Waals surface area (Å²) in [6.07, 6.45) is 0.963. The molecular weight excluding hydrogens is 333 g/mol. The molecule has 3 N–H and O–H groups in total. The van der Waals surface area contributed by atoms with Crippen LogP contribution < -0.4 is 15.4 Å². The number of rotatable bonds is 8. The van der Waals surface area contributed by atoms with Crippen molar-refractivity contribution in [1.82, 2.24) is 10.0 Å². The van der Waals surface area contributed by atoms with Crippen LogP contribution in [-0.4, -0.2) is 34.0 Å².